The number of carbonyl (C=O) groups is 1. The maximum Gasteiger partial charge on any atom is 0.331 e. The lowest BCUT2D eigenvalue weighted by atomic mass is 10.1. The molecule has 4 nitrogen and oxygen atoms in total. The molecule has 1 N–H and O–H groups in total. The SMILES string of the molecule is COC(=O)C(Nc1ccc(Cl)cc1)C1CCC(C)O1. The van der Waals surface area contributed by atoms with Gasteiger partial charge in [-0.2, -0.15) is 0 Å². The van der Waals surface area contributed by atoms with Gasteiger partial charge in [-0.3, -0.25) is 0 Å². The number of methoxy groups -OCH3 is 1. The number of rotatable bonds is 4. The summed E-state index contributed by atoms with van der Waals surface area (Å²) in [6, 6.07) is 6.72. The third-order valence-corrected chi connectivity index (χ3v) is 3.51. The second-order valence-electron chi connectivity index (χ2n) is 4.71. The molecule has 5 heteroatoms. The first-order valence-electron chi connectivity index (χ1n) is 6.35. The zero-order chi connectivity index (χ0) is 13.8. The maximum absolute atomic E-state index is 11.9. The van der Waals surface area contributed by atoms with Crippen LogP contribution in [0.15, 0.2) is 24.3 Å². The van der Waals surface area contributed by atoms with Gasteiger partial charge in [0.25, 0.3) is 0 Å². The van der Waals surface area contributed by atoms with Crippen molar-refractivity contribution in [3.63, 3.8) is 0 Å². The van der Waals surface area contributed by atoms with E-state index in [0.717, 1.165) is 18.5 Å². The number of hydrogen-bond donors (Lipinski definition) is 1. The number of halogens is 1. The van der Waals surface area contributed by atoms with Gasteiger partial charge in [0, 0.05) is 10.7 Å². The lowest BCUT2D eigenvalue weighted by Gasteiger charge is -2.23. The Morgan fingerprint density at radius 2 is 2.11 bits per heavy atom. The summed E-state index contributed by atoms with van der Waals surface area (Å²) in [5, 5.41) is 3.82. The zero-order valence-electron chi connectivity index (χ0n) is 11.1. The predicted molar refractivity (Wildman–Crippen MR) is 74.4 cm³/mol. The summed E-state index contributed by atoms with van der Waals surface area (Å²) in [4.78, 5) is 11.9. The Morgan fingerprint density at radius 3 is 2.63 bits per heavy atom. The number of carbonyl (C=O) groups excluding carboxylic acids is 1. The minimum Gasteiger partial charge on any atom is -0.467 e. The van der Waals surface area contributed by atoms with Crippen molar-refractivity contribution >= 4 is 23.3 Å². The third-order valence-electron chi connectivity index (χ3n) is 3.26. The van der Waals surface area contributed by atoms with Crippen LogP contribution in [0.25, 0.3) is 0 Å². The van der Waals surface area contributed by atoms with Crippen molar-refractivity contribution in [2.24, 2.45) is 0 Å². The average Bonchev–Trinajstić information content (AvgIpc) is 2.83. The number of benzene rings is 1. The molecular weight excluding hydrogens is 266 g/mol. The van der Waals surface area contributed by atoms with Crippen LogP contribution in [0.5, 0.6) is 0 Å². The van der Waals surface area contributed by atoms with E-state index in [2.05, 4.69) is 5.32 Å². The highest BCUT2D eigenvalue weighted by atomic mass is 35.5. The molecule has 2 rings (SSSR count). The maximum atomic E-state index is 11.9. The van der Waals surface area contributed by atoms with Crippen molar-refractivity contribution in [2.45, 2.75) is 38.0 Å². The van der Waals surface area contributed by atoms with Gasteiger partial charge in [-0.05, 0) is 44.0 Å². The molecule has 1 aliphatic rings. The quantitative estimate of drug-likeness (QED) is 0.863. The molecular formula is C14H18ClNO3. The molecule has 0 aromatic heterocycles. The van der Waals surface area contributed by atoms with Crippen LogP contribution in [0.1, 0.15) is 19.8 Å². The van der Waals surface area contributed by atoms with E-state index in [4.69, 9.17) is 21.1 Å². The Bertz CT molecular complexity index is 435. The van der Waals surface area contributed by atoms with Crippen molar-refractivity contribution in [1.29, 1.82) is 0 Å². The highest BCUT2D eigenvalue weighted by Gasteiger charge is 2.35. The molecule has 1 aromatic rings. The van der Waals surface area contributed by atoms with E-state index < -0.39 is 6.04 Å². The van der Waals surface area contributed by atoms with Gasteiger partial charge in [0.1, 0.15) is 0 Å². The van der Waals surface area contributed by atoms with E-state index in [1.165, 1.54) is 7.11 Å². The number of ether oxygens (including phenoxy) is 2. The second-order valence-corrected chi connectivity index (χ2v) is 5.15. The monoisotopic (exact) mass is 283 g/mol. The van der Waals surface area contributed by atoms with E-state index in [1.807, 2.05) is 19.1 Å². The smallest absolute Gasteiger partial charge is 0.331 e. The summed E-state index contributed by atoms with van der Waals surface area (Å²) in [6.07, 6.45) is 1.84. The van der Waals surface area contributed by atoms with E-state index in [9.17, 15) is 4.79 Å². The molecule has 3 unspecified atom stereocenters. The van der Waals surface area contributed by atoms with Crippen LogP contribution in [-0.4, -0.2) is 31.3 Å². The zero-order valence-corrected chi connectivity index (χ0v) is 11.8. The molecule has 0 aliphatic carbocycles. The molecule has 1 heterocycles. The van der Waals surface area contributed by atoms with Gasteiger partial charge >= 0.3 is 5.97 Å². The summed E-state index contributed by atoms with van der Waals surface area (Å²) in [6.45, 7) is 2.01. The molecule has 1 aliphatic heterocycles. The fourth-order valence-corrected chi connectivity index (χ4v) is 2.36. The summed E-state index contributed by atoms with van der Waals surface area (Å²) in [5.74, 6) is -0.311. The molecule has 1 saturated heterocycles. The molecule has 0 spiro atoms. The number of hydrogen-bond acceptors (Lipinski definition) is 4. The van der Waals surface area contributed by atoms with Gasteiger partial charge in [0.05, 0.1) is 19.3 Å². The summed E-state index contributed by atoms with van der Waals surface area (Å²) >= 11 is 5.84. The van der Waals surface area contributed by atoms with E-state index in [0.29, 0.717) is 5.02 Å². The molecule has 0 bridgehead atoms. The molecule has 0 amide bonds. The van der Waals surface area contributed by atoms with E-state index in [1.54, 1.807) is 12.1 Å². The number of esters is 1. The van der Waals surface area contributed by atoms with Crippen molar-refractivity contribution in [2.75, 3.05) is 12.4 Å². The molecule has 0 radical (unpaired) electrons. The Balaban J connectivity index is 2.09. The third kappa shape index (κ3) is 3.61. The van der Waals surface area contributed by atoms with Crippen molar-refractivity contribution in [3.8, 4) is 0 Å². The Hall–Kier alpha value is -1.26. The first-order chi connectivity index (χ1) is 9.10. The summed E-state index contributed by atoms with van der Waals surface area (Å²) < 4.78 is 10.6. The van der Waals surface area contributed by atoms with Gasteiger partial charge in [0.2, 0.25) is 0 Å². The molecule has 0 saturated carbocycles. The Morgan fingerprint density at radius 1 is 1.42 bits per heavy atom. The van der Waals surface area contributed by atoms with Gasteiger partial charge in [-0.25, -0.2) is 4.79 Å². The number of anilines is 1. The average molecular weight is 284 g/mol. The Kier molecular flexibility index (Phi) is 4.66. The normalized spacial score (nSPS) is 23.9. The second kappa shape index (κ2) is 6.26. The summed E-state index contributed by atoms with van der Waals surface area (Å²) in [7, 11) is 1.39. The van der Waals surface area contributed by atoms with Crippen LogP contribution in [-0.2, 0) is 14.3 Å². The largest absolute Gasteiger partial charge is 0.467 e. The first-order valence-corrected chi connectivity index (χ1v) is 6.73. The Labute approximate surface area is 118 Å². The van der Waals surface area contributed by atoms with Gasteiger partial charge in [-0.15, -0.1) is 0 Å². The highest BCUT2D eigenvalue weighted by molar-refractivity contribution is 6.30. The number of nitrogens with one attached hydrogen (secondary N) is 1. The topological polar surface area (TPSA) is 47.6 Å². The van der Waals surface area contributed by atoms with Gasteiger partial charge < -0.3 is 14.8 Å². The molecule has 19 heavy (non-hydrogen) atoms. The molecule has 1 fully saturated rings. The minimum atomic E-state index is -0.490. The van der Waals surface area contributed by atoms with Gasteiger partial charge in [0.15, 0.2) is 6.04 Å². The van der Waals surface area contributed by atoms with Crippen LogP contribution >= 0.6 is 11.6 Å². The van der Waals surface area contributed by atoms with E-state index >= 15 is 0 Å². The fourth-order valence-electron chi connectivity index (χ4n) is 2.23. The van der Waals surface area contributed by atoms with Crippen molar-refractivity contribution < 1.29 is 14.3 Å². The van der Waals surface area contributed by atoms with Crippen LogP contribution in [0, 0.1) is 0 Å². The highest BCUT2D eigenvalue weighted by Crippen LogP contribution is 2.25. The molecule has 104 valence electrons. The van der Waals surface area contributed by atoms with Crippen molar-refractivity contribution in [1.82, 2.24) is 0 Å². The van der Waals surface area contributed by atoms with Gasteiger partial charge in [-0.1, -0.05) is 11.6 Å². The van der Waals surface area contributed by atoms with Crippen LogP contribution in [0.2, 0.25) is 5.02 Å². The summed E-state index contributed by atoms with van der Waals surface area (Å²) in [5.41, 5.74) is 0.822. The minimum absolute atomic E-state index is 0.155. The molecule has 1 aromatic carbocycles. The van der Waals surface area contributed by atoms with Crippen molar-refractivity contribution in [3.05, 3.63) is 29.3 Å². The first kappa shape index (κ1) is 14.2. The lowest BCUT2D eigenvalue weighted by Crippen LogP contribution is -2.41. The van der Waals surface area contributed by atoms with Crippen LogP contribution in [0.3, 0.4) is 0 Å². The fraction of sp³-hybridized carbons (Fsp3) is 0.500. The standard InChI is InChI=1S/C14H18ClNO3/c1-9-3-8-12(19-9)13(14(17)18-2)16-11-6-4-10(15)5-7-11/h4-7,9,12-13,16H,3,8H2,1-2H3. The molecule has 3 atom stereocenters. The van der Waals surface area contributed by atoms with Crippen LogP contribution < -0.4 is 5.32 Å². The lowest BCUT2D eigenvalue weighted by molar-refractivity contribution is -0.144. The van der Waals surface area contributed by atoms with Crippen LogP contribution in [0.4, 0.5) is 5.69 Å². The van der Waals surface area contributed by atoms with E-state index in [-0.39, 0.29) is 18.2 Å². The predicted octanol–water partition coefficient (Wildman–Crippen LogP) is 2.86.